The van der Waals surface area contributed by atoms with Crippen LogP contribution in [0.3, 0.4) is 0 Å². The van der Waals surface area contributed by atoms with Gasteiger partial charge in [-0.3, -0.25) is 4.72 Å². The van der Waals surface area contributed by atoms with Crippen molar-refractivity contribution in [2.24, 2.45) is 0 Å². The number of fused-ring (bicyclic) bond motifs is 1. The first-order valence-corrected chi connectivity index (χ1v) is 3.80. The Hall–Kier alpha value is -0.830. The van der Waals surface area contributed by atoms with E-state index in [1.165, 1.54) is 17.8 Å². The van der Waals surface area contributed by atoms with Gasteiger partial charge in [-0.05, 0) is 24.6 Å². The van der Waals surface area contributed by atoms with E-state index in [0.29, 0.717) is 0 Å². The molecule has 2 nitrogen and oxygen atoms in total. The Kier molecular flexibility index (Phi) is 1.24. The number of anilines is 1. The fraction of sp³-hybridized carbons (Fsp3) is 0.143. The summed E-state index contributed by atoms with van der Waals surface area (Å²) in [6.45, 7) is 2.05. The third kappa shape index (κ3) is 0.827. The maximum absolute atomic E-state index is 5.18. The minimum absolute atomic E-state index is 0.935. The Bertz CT molecular complexity index is 262. The van der Waals surface area contributed by atoms with Crippen molar-refractivity contribution >= 4 is 17.9 Å². The lowest BCUT2D eigenvalue weighted by Crippen LogP contribution is -1.75. The fourth-order valence-corrected chi connectivity index (χ4v) is 1.42. The molecule has 1 aromatic rings. The lowest BCUT2D eigenvalue weighted by atomic mass is 10.2. The molecule has 3 heteroatoms. The van der Waals surface area contributed by atoms with Crippen LogP contribution in [-0.4, -0.2) is 0 Å². The molecule has 1 N–H and O–H groups in total. The van der Waals surface area contributed by atoms with Gasteiger partial charge < -0.3 is 4.18 Å². The molecular formula is C7H7NOS. The predicted molar refractivity (Wildman–Crippen MR) is 43.0 cm³/mol. The molecule has 1 aliphatic heterocycles. The van der Waals surface area contributed by atoms with Crippen molar-refractivity contribution in [2.45, 2.75) is 6.92 Å². The maximum atomic E-state index is 5.18. The molecule has 0 spiro atoms. The van der Waals surface area contributed by atoms with Crippen LogP contribution in [-0.2, 0) is 0 Å². The van der Waals surface area contributed by atoms with Gasteiger partial charge in [-0.1, -0.05) is 6.07 Å². The van der Waals surface area contributed by atoms with Crippen LogP contribution < -0.4 is 8.91 Å². The summed E-state index contributed by atoms with van der Waals surface area (Å²) in [4.78, 5) is 0. The standard InChI is InChI=1S/C7H7NOS/c1-5-2-3-6-7(4-5)9-10-8-6/h2-4,8H,1H3. The number of rotatable bonds is 0. The van der Waals surface area contributed by atoms with Crippen molar-refractivity contribution in [3.05, 3.63) is 23.8 Å². The van der Waals surface area contributed by atoms with Gasteiger partial charge in [0.1, 0.15) is 0 Å². The first-order valence-electron chi connectivity index (χ1n) is 3.06. The van der Waals surface area contributed by atoms with E-state index in [1.807, 2.05) is 19.1 Å². The highest BCUT2D eigenvalue weighted by Crippen LogP contribution is 2.35. The van der Waals surface area contributed by atoms with Crippen molar-refractivity contribution in [3.8, 4) is 5.75 Å². The molecule has 0 saturated heterocycles. The minimum atomic E-state index is 0.935. The largest absolute Gasteiger partial charge is 0.403 e. The van der Waals surface area contributed by atoms with Crippen LogP contribution in [0.25, 0.3) is 0 Å². The lowest BCUT2D eigenvalue weighted by molar-refractivity contribution is 0.665. The highest BCUT2D eigenvalue weighted by atomic mass is 32.2. The zero-order valence-electron chi connectivity index (χ0n) is 5.55. The molecule has 0 aromatic heterocycles. The third-order valence-corrected chi connectivity index (χ3v) is 1.99. The summed E-state index contributed by atoms with van der Waals surface area (Å²) in [5.74, 6) is 0.935. The summed E-state index contributed by atoms with van der Waals surface area (Å²) < 4.78 is 8.21. The summed E-state index contributed by atoms with van der Waals surface area (Å²) in [7, 11) is 0. The fourth-order valence-electron chi connectivity index (χ4n) is 0.893. The van der Waals surface area contributed by atoms with Gasteiger partial charge in [-0.15, -0.1) is 0 Å². The molecule has 0 saturated carbocycles. The number of nitrogens with one attached hydrogen (secondary N) is 1. The molecule has 0 bridgehead atoms. The van der Waals surface area contributed by atoms with Crippen LogP contribution in [0.15, 0.2) is 18.2 Å². The summed E-state index contributed by atoms with van der Waals surface area (Å²) in [5.41, 5.74) is 2.29. The van der Waals surface area contributed by atoms with Crippen molar-refractivity contribution in [1.29, 1.82) is 0 Å². The van der Waals surface area contributed by atoms with E-state index in [2.05, 4.69) is 10.8 Å². The van der Waals surface area contributed by atoms with Crippen LogP contribution in [0.4, 0.5) is 5.69 Å². The van der Waals surface area contributed by atoms with E-state index in [-0.39, 0.29) is 0 Å². The van der Waals surface area contributed by atoms with E-state index in [1.54, 1.807) is 0 Å². The zero-order chi connectivity index (χ0) is 6.97. The van der Waals surface area contributed by atoms with Crippen molar-refractivity contribution in [1.82, 2.24) is 0 Å². The molecule has 10 heavy (non-hydrogen) atoms. The molecule has 0 amide bonds. The Morgan fingerprint density at radius 3 is 3.30 bits per heavy atom. The minimum Gasteiger partial charge on any atom is -0.403 e. The normalized spacial score (nSPS) is 13.7. The molecule has 1 aromatic carbocycles. The number of hydrogen-bond donors (Lipinski definition) is 1. The average molecular weight is 153 g/mol. The van der Waals surface area contributed by atoms with Crippen LogP contribution in [0.5, 0.6) is 5.75 Å². The van der Waals surface area contributed by atoms with Gasteiger partial charge in [0, 0.05) is 0 Å². The van der Waals surface area contributed by atoms with E-state index in [0.717, 1.165) is 11.4 Å². The molecule has 0 unspecified atom stereocenters. The molecule has 0 fully saturated rings. The SMILES string of the molecule is Cc1ccc2c(c1)OSN2. The van der Waals surface area contributed by atoms with Gasteiger partial charge >= 0.3 is 0 Å². The van der Waals surface area contributed by atoms with Crippen LogP contribution in [0, 0.1) is 6.92 Å². The lowest BCUT2D eigenvalue weighted by Gasteiger charge is -1.94. The number of benzene rings is 1. The highest BCUT2D eigenvalue weighted by Gasteiger charge is 2.10. The quantitative estimate of drug-likeness (QED) is 0.456. The molecular weight excluding hydrogens is 146 g/mol. The Labute approximate surface area is 63.9 Å². The zero-order valence-corrected chi connectivity index (χ0v) is 6.37. The predicted octanol–water partition coefficient (Wildman–Crippen LogP) is 2.36. The molecule has 0 radical (unpaired) electrons. The molecule has 0 atom stereocenters. The van der Waals surface area contributed by atoms with Gasteiger partial charge in [0.2, 0.25) is 0 Å². The third-order valence-electron chi connectivity index (χ3n) is 1.42. The second-order valence-corrected chi connectivity index (χ2v) is 2.81. The summed E-state index contributed by atoms with van der Waals surface area (Å²) in [6, 6.07) is 6.09. The second kappa shape index (κ2) is 2.09. The monoisotopic (exact) mass is 153 g/mol. The number of hydrogen-bond acceptors (Lipinski definition) is 3. The van der Waals surface area contributed by atoms with Crippen molar-refractivity contribution in [2.75, 3.05) is 4.72 Å². The summed E-state index contributed by atoms with van der Waals surface area (Å²) in [5, 5.41) is 0. The van der Waals surface area contributed by atoms with E-state index in [4.69, 9.17) is 4.18 Å². The van der Waals surface area contributed by atoms with Crippen LogP contribution >= 0.6 is 12.2 Å². The van der Waals surface area contributed by atoms with E-state index >= 15 is 0 Å². The van der Waals surface area contributed by atoms with E-state index < -0.39 is 0 Å². The molecule has 1 aliphatic rings. The van der Waals surface area contributed by atoms with Gasteiger partial charge in [0.15, 0.2) is 18.0 Å². The summed E-state index contributed by atoms with van der Waals surface area (Å²) >= 11 is 1.26. The average Bonchev–Trinajstić information content (AvgIpc) is 2.33. The van der Waals surface area contributed by atoms with Gasteiger partial charge in [0.05, 0.1) is 5.69 Å². The first-order chi connectivity index (χ1) is 4.86. The van der Waals surface area contributed by atoms with Gasteiger partial charge in [-0.2, -0.15) is 0 Å². The summed E-state index contributed by atoms with van der Waals surface area (Å²) in [6.07, 6.45) is 0. The topological polar surface area (TPSA) is 21.3 Å². The Morgan fingerprint density at radius 1 is 1.50 bits per heavy atom. The first kappa shape index (κ1) is 5.92. The highest BCUT2D eigenvalue weighted by molar-refractivity contribution is 7.96. The van der Waals surface area contributed by atoms with Crippen molar-refractivity contribution in [3.63, 3.8) is 0 Å². The number of aryl methyl sites for hydroxylation is 1. The smallest absolute Gasteiger partial charge is 0.176 e. The molecule has 2 rings (SSSR count). The maximum Gasteiger partial charge on any atom is 0.176 e. The Balaban J connectivity index is 2.52. The molecule has 52 valence electrons. The molecule has 0 aliphatic carbocycles. The van der Waals surface area contributed by atoms with Gasteiger partial charge in [0.25, 0.3) is 0 Å². The van der Waals surface area contributed by atoms with Crippen LogP contribution in [0.2, 0.25) is 0 Å². The second-order valence-electron chi connectivity index (χ2n) is 2.27. The van der Waals surface area contributed by atoms with Gasteiger partial charge in [-0.25, -0.2) is 0 Å². The van der Waals surface area contributed by atoms with E-state index in [9.17, 15) is 0 Å². The van der Waals surface area contributed by atoms with Crippen LogP contribution in [0.1, 0.15) is 5.56 Å². The molecule has 1 heterocycles. The van der Waals surface area contributed by atoms with Crippen molar-refractivity contribution < 1.29 is 4.18 Å². The Morgan fingerprint density at radius 2 is 2.40 bits per heavy atom.